The van der Waals surface area contributed by atoms with Gasteiger partial charge in [0.05, 0.1) is 12.2 Å². The van der Waals surface area contributed by atoms with Gasteiger partial charge < -0.3 is 9.47 Å². The van der Waals surface area contributed by atoms with Crippen molar-refractivity contribution in [1.29, 1.82) is 0 Å². The molecular formula is C11H20O2. The molecule has 0 radical (unpaired) electrons. The summed E-state index contributed by atoms with van der Waals surface area (Å²) in [5, 5.41) is 0. The van der Waals surface area contributed by atoms with Crippen LogP contribution < -0.4 is 0 Å². The van der Waals surface area contributed by atoms with Crippen LogP contribution in [0.5, 0.6) is 0 Å². The van der Waals surface area contributed by atoms with Crippen LogP contribution in [0.25, 0.3) is 0 Å². The van der Waals surface area contributed by atoms with E-state index in [-0.39, 0.29) is 0 Å². The Balaban J connectivity index is 2.13. The van der Waals surface area contributed by atoms with Gasteiger partial charge in [0.2, 0.25) is 0 Å². The van der Waals surface area contributed by atoms with E-state index in [1.807, 2.05) is 7.11 Å². The summed E-state index contributed by atoms with van der Waals surface area (Å²) in [5.74, 6) is 1.56. The molecule has 0 saturated heterocycles. The normalized spacial score (nSPS) is 47.1. The Kier molecular flexibility index (Phi) is 2.16. The largest absolute Gasteiger partial charge is 0.379 e. The van der Waals surface area contributed by atoms with E-state index >= 15 is 0 Å². The van der Waals surface area contributed by atoms with Crippen molar-refractivity contribution in [3.05, 3.63) is 0 Å². The van der Waals surface area contributed by atoms with Crippen molar-refractivity contribution in [2.45, 2.75) is 38.9 Å². The standard InChI is InChI=1S/C11H20O2/c1-11(2)7-5-8(11)10(13-4)9(6-7)12-3/h7-10H,5-6H2,1-4H3/t7-,8+,9?,10?/m0/s1. The third-order valence-electron chi connectivity index (χ3n) is 4.40. The zero-order valence-electron chi connectivity index (χ0n) is 9.04. The van der Waals surface area contributed by atoms with Gasteiger partial charge in [-0.2, -0.15) is 0 Å². The van der Waals surface area contributed by atoms with Crippen molar-refractivity contribution in [2.75, 3.05) is 14.2 Å². The summed E-state index contributed by atoms with van der Waals surface area (Å²) in [6.07, 6.45) is 3.18. The molecule has 3 aliphatic rings. The molecule has 0 spiro atoms. The molecule has 0 aromatic carbocycles. The Bertz CT molecular complexity index is 200. The summed E-state index contributed by atoms with van der Waals surface area (Å²) in [6.45, 7) is 4.73. The minimum absolute atomic E-state index is 0.324. The molecule has 2 bridgehead atoms. The summed E-state index contributed by atoms with van der Waals surface area (Å²) in [6, 6.07) is 0. The van der Waals surface area contributed by atoms with Crippen molar-refractivity contribution in [1.82, 2.24) is 0 Å². The van der Waals surface area contributed by atoms with E-state index in [4.69, 9.17) is 9.47 Å². The third-order valence-corrected chi connectivity index (χ3v) is 4.40. The lowest BCUT2D eigenvalue weighted by Crippen LogP contribution is -2.61. The Morgan fingerprint density at radius 3 is 2.23 bits per heavy atom. The quantitative estimate of drug-likeness (QED) is 0.654. The lowest BCUT2D eigenvalue weighted by molar-refractivity contribution is -0.209. The zero-order chi connectivity index (χ0) is 9.64. The summed E-state index contributed by atoms with van der Waals surface area (Å²) in [7, 11) is 3.61. The number of ether oxygens (including phenoxy) is 2. The fourth-order valence-electron chi connectivity index (χ4n) is 3.23. The van der Waals surface area contributed by atoms with Gasteiger partial charge in [-0.3, -0.25) is 0 Å². The number of methoxy groups -OCH3 is 2. The molecule has 3 aliphatic carbocycles. The van der Waals surface area contributed by atoms with Crippen molar-refractivity contribution in [3.8, 4) is 0 Å². The van der Waals surface area contributed by atoms with Crippen LogP contribution in [0.4, 0.5) is 0 Å². The van der Waals surface area contributed by atoms with Crippen LogP contribution in [0.15, 0.2) is 0 Å². The van der Waals surface area contributed by atoms with Crippen LogP contribution >= 0.6 is 0 Å². The molecule has 76 valence electrons. The highest BCUT2D eigenvalue weighted by Crippen LogP contribution is 2.60. The number of rotatable bonds is 2. The first-order valence-electron chi connectivity index (χ1n) is 5.16. The van der Waals surface area contributed by atoms with Gasteiger partial charge in [0.1, 0.15) is 0 Å². The maximum Gasteiger partial charge on any atom is 0.0866 e. The third kappa shape index (κ3) is 1.15. The number of fused-ring (bicyclic) bond motifs is 2. The highest BCUT2D eigenvalue weighted by Gasteiger charge is 2.58. The molecule has 0 heterocycles. The van der Waals surface area contributed by atoms with Crippen LogP contribution in [0.3, 0.4) is 0 Å². The lowest BCUT2D eigenvalue weighted by atomic mass is 9.47. The van der Waals surface area contributed by atoms with Gasteiger partial charge in [0, 0.05) is 14.2 Å². The number of hydrogen-bond donors (Lipinski definition) is 0. The predicted molar refractivity (Wildman–Crippen MR) is 51.6 cm³/mol. The molecule has 0 aliphatic heterocycles. The van der Waals surface area contributed by atoms with Crippen molar-refractivity contribution >= 4 is 0 Å². The average Bonchev–Trinajstić information content (AvgIpc) is 2.16. The van der Waals surface area contributed by atoms with E-state index in [0.717, 1.165) is 5.92 Å². The summed E-state index contributed by atoms with van der Waals surface area (Å²) in [4.78, 5) is 0. The lowest BCUT2D eigenvalue weighted by Gasteiger charge is -2.61. The first-order chi connectivity index (χ1) is 6.11. The van der Waals surface area contributed by atoms with Crippen LogP contribution in [-0.4, -0.2) is 26.4 Å². The first kappa shape index (κ1) is 9.47. The monoisotopic (exact) mass is 184 g/mol. The molecule has 2 heteroatoms. The Hall–Kier alpha value is -0.0800. The van der Waals surface area contributed by atoms with E-state index in [0.29, 0.717) is 23.5 Å². The van der Waals surface area contributed by atoms with Gasteiger partial charge in [-0.25, -0.2) is 0 Å². The minimum atomic E-state index is 0.324. The number of hydrogen-bond acceptors (Lipinski definition) is 2. The van der Waals surface area contributed by atoms with E-state index in [1.165, 1.54) is 12.8 Å². The summed E-state index contributed by atoms with van der Waals surface area (Å²) < 4.78 is 11.0. The second-order valence-corrected chi connectivity index (χ2v) is 5.07. The van der Waals surface area contributed by atoms with E-state index in [2.05, 4.69) is 13.8 Å². The molecule has 0 aromatic rings. The Morgan fingerprint density at radius 2 is 1.77 bits per heavy atom. The molecular weight excluding hydrogens is 164 g/mol. The maximum atomic E-state index is 5.56. The SMILES string of the molecule is COC1C[C@@H]2C[C@H](C1OC)C2(C)C. The van der Waals surface area contributed by atoms with Gasteiger partial charge in [0.15, 0.2) is 0 Å². The van der Waals surface area contributed by atoms with E-state index < -0.39 is 0 Å². The average molecular weight is 184 g/mol. The molecule has 13 heavy (non-hydrogen) atoms. The van der Waals surface area contributed by atoms with Gasteiger partial charge >= 0.3 is 0 Å². The second-order valence-electron chi connectivity index (χ2n) is 5.07. The van der Waals surface area contributed by atoms with Crippen LogP contribution in [0.2, 0.25) is 0 Å². The minimum Gasteiger partial charge on any atom is -0.379 e. The van der Waals surface area contributed by atoms with Crippen LogP contribution in [-0.2, 0) is 9.47 Å². The maximum absolute atomic E-state index is 5.56. The summed E-state index contributed by atoms with van der Waals surface area (Å²) >= 11 is 0. The van der Waals surface area contributed by atoms with E-state index in [1.54, 1.807) is 7.11 Å². The van der Waals surface area contributed by atoms with Gasteiger partial charge in [-0.05, 0) is 30.1 Å². The summed E-state index contributed by atoms with van der Waals surface area (Å²) in [5.41, 5.74) is 0.482. The first-order valence-corrected chi connectivity index (χ1v) is 5.16. The molecule has 2 unspecified atom stereocenters. The topological polar surface area (TPSA) is 18.5 Å². The second kappa shape index (κ2) is 2.96. The van der Waals surface area contributed by atoms with Gasteiger partial charge in [-0.15, -0.1) is 0 Å². The van der Waals surface area contributed by atoms with Crippen molar-refractivity contribution in [3.63, 3.8) is 0 Å². The fourth-order valence-corrected chi connectivity index (χ4v) is 3.23. The molecule has 3 fully saturated rings. The van der Waals surface area contributed by atoms with Crippen LogP contribution in [0, 0.1) is 17.3 Å². The molecule has 3 rings (SSSR count). The smallest absolute Gasteiger partial charge is 0.0866 e. The van der Waals surface area contributed by atoms with Crippen molar-refractivity contribution in [2.24, 2.45) is 17.3 Å². The molecule has 2 nitrogen and oxygen atoms in total. The van der Waals surface area contributed by atoms with Crippen LogP contribution in [0.1, 0.15) is 26.7 Å². The fraction of sp³-hybridized carbons (Fsp3) is 1.00. The highest BCUT2D eigenvalue weighted by molar-refractivity contribution is 5.07. The molecule has 0 amide bonds. The predicted octanol–water partition coefficient (Wildman–Crippen LogP) is 2.08. The zero-order valence-corrected chi connectivity index (χ0v) is 9.04. The molecule has 0 N–H and O–H groups in total. The van der Waals surface area contributed by atoms with Gasteiger partial charge in [-0.1, -0.05) is 13.8 Å². The van der Waals surface area contributed by atoms with Gasteiger partial charge in [0.25, 0.3) is 0 Å². The highest BCUT2D eigenvalue weighted by atomic mass is 16.5. The van der Waals surface area contributed by atoms with E-state index in [9.17, 15) is 0 Å². The molecule has 0 aromatic heterocycles. The Morgan fingerprint density at radius 1 is 1.08 bits per heavy atom. The molecule has 3 saturated carbocycles. The van der Waals surface area contributed by atoms with Crippen molar-refractivity contribution < 1.29 is 9.47 Å². The molecule has 4 atom stereocenters. The Labute approximate surface area is 80.6 Å².